The van der Waals surface area contributed by atoms with Crippen LogP contribution >= 0.6 is 0 Å². The zero-order valence-corrected chi connectivity index (χ0v) is 15.4. The predicted octanol–water partition coefficient (Wildman–Crippen LogP) is 2.39. The Hall–Kier alpha value is -3.42. The Kier molecular flexibility index (Phi) is 5.07. The average molecular weight is 367 g/mol. The van der Waals surface area contributed by atoms with Crippen molar-refractivity contribution in [1.29, 1.82) is 0 Å². The first-order valence-corrected chi connectivity index (χ1v) is 8.49. The van der Waals surface area contributed by atoms with E-state index in [0.717, 1.165) is 15.9 Å². The molecule has 2 heterocycles. The maximum atomic E-state index is 12.4. The van der Waals surface area contributed by atoms with Crippen LogP contribution in [0.15, 0.2) is 36.5 Å². The van der Waals surface area contributed by atoms with E-state index in [2.05, 4.69) is 27.6 Å². The number of nitrogens with zero attached hydrogens (tertiary/aromatic N) is 4. The van der Waals surface area contributed by atoms with Crippen molar-refractivity contribution < 1.29 is 14.7 Å². The van der Waals surface area contributed by atoms with Crippen molar-refractivity contribution in [3.63, 3.8) is 0 Å². The van der Waals surface area contributed by atoms with Gasteiger partial charge in [-0.05, 0) is 32.4 Å². The van der Waals surface area contributed by atoms with Gasteiger partial charge in [-0.1, -0.05) is 29.8 Å². The van der Waals surface area contributed by atoms with Crippen LogP contribution in [0, 0.1) is 20.8 Å². The van der Waals surface area contributed by atoms with Gasteiger partial charge in [0, 0.05) is 6.20 Å². The minimum atomic E-state index is -1.13. The van der Waals surface area contributed by atoms with Crippen LogP contribution in [0.5, 0.6) is 0 Å². The normalized spacial score (nSPS) is 10.8. The number of carbonyl (C=O) groups is 2. The number of aryl methyl sites for hydroxylation is 2. The maximum absolute atomic E-state index is 12.4. The van der Waals surface area contributed by atoms with E-state index in [0.29, 0.717) is 17.9 Å². The summed E-state index contributed by atoms with van der Waals surface area (Å²) in [5.74, 6) is -1.49. The molecule has 0 unspecified atom stereocenters. The summed E-state index contributed by atoms with van der Waals surface area (Å²) in [6.45, 7) is 6.17. The molecule has 0 fully saturated rings. The number of nitrogens with one attached hydrogen (secondary N) is 1. The van der Waals surface area contributed by atoms with Gasteiger partial charge in [0.15, 0.2) is 0 Å². The topological polar surface area (TPSA) is 102 Å². The molecule has 0 radical (unpaired) electrons. The Morgan fingerprint density at radius 1 is 1.07 bits per heavy atom. The molecule has 2 N–H and O–H groups in total. The standard InChI is InChI=1S/C19H21N5O3/c1-12-4-6-15(7-5-12)10-23-14(3)18(13(2)22-23)21-17(25)11-24-16(19(26)27)8-9-20-24/h4-9H,10-11H2,1-3H3,(H,21,25)(H,26,27). The third-order valence-corrected chi connectivity index (χ3v) is 4.33. The van der Waals surface area contributed by atoms with Crippen LogP contribution in [0.3, 0.4) is 0 Å². The first-order valence-electron chi connectivity index (χ1n) is 8.49. The number of hydrogen-bond donors (Lipinski definition) is 2. The van der Waals surface area contributed by atoms with E-state index < -0.39 is 5.97 Å². The monoisotopic (exact) mass is 367 g/mol. The number of rotatable bonds is 6. The van der Waals surface area contributed by atoms with Crippen LogP contribution in [0.2, 0.25) is 0 Å². The van der Waals surface area contributed by atoms with Crippen molar-refractivity contribution >= 4 is 17.6 Å². The van der Waals surface area contributed by atoms with E-state index in [1.807, 2.05) is 37.6 Å². The second kappa shape index (κ2) is 7.45. The van der Waals surface area contributed by atoms with Gasteiger partial charge in [0.1, 0.15) is 12.2 Å². The molecular formula is C19H21N5O3. The molecule has 8 heteroatoms. The molecule has 0 aliphatic rings. The Balaban J connectivity index is 1.74. The maximum Gasteiger partial charge on any atom is 0.354 e. The van der Waals surface area contributed by atoms with Crippen LogP contribution in [-0.4, -0.2) is 36.5 Å². The SMILES string of the molecule is Cc1ccc(Cn2nc(C)c(NC(=O)Cn3nccc3C(=O)O)c2C)cc1. The van der Waals surface area contributed by atoms with Crippen LogP contribution in [0.25, 0.3) is 0 Å². The fourth-order valence-corrected chi connectivity index (χ4v) is 2.85. The zero-order valence-electron chi connectivity index (χ0n) is 15.4. The van der Waals surface area contributed by atoms with Gasteiger partial charge in [-0.2, -0.15) is 10.2 Å². The lowest BCUT2D eigenvalue weighted by Crippen LogP contribution is -2.22. The van der Waals surface area contributed by atoms with Gasteiger partial charge in [-0.25, -0.2) is 9.48 Å². The summed E-state index contributed by atoms with van der Waals surface area (Å²) in [4.78, 5) is 23.5. The summed E-state index contributed by atoms with van der Waals surface area (Å²) in [5.41, 5.74) is 4.45. The molecule has 0 saturated carbocycles. The number of amides is 1. The van der Waals surface area contributed by atoms with E-state index in [4.69, 9.17) is 5.11 Å². The van der Waals surface area contributed by atoms with E-state index in [-0.39, 0.29) is 18.1 Å². The Morgan fingerprint density at radius 3 is 2.44 bits per heavy atom. The summed E-state index contributed by atoms with van der Waals surface area (Å²) in [5, 5.41) is 20.3. The number of carboxylic acid groups (broad SMARTS) is 1. The summed E-state index contributed by atoms with van der Waals surface area (Å²) in [6.07, 6.45) is 1.35. The molecule has 0 saturated heterocycles. The molecule has 8 nitrogen and oxygen atoms in total. The minimum absolute atomic E-state index is 0.0336. The van der Waals surface area contributed by atoms with Crippen LogP contribution < -0.4 is 5.32 Å². The smallest absolute Gasteiger partial charge is 0.354 e. The molecule has 1 amide bonds. The van der Waals surface area contributed by atoms with Gasteiger partial charge in [0.25, 0.3) is 0 Å². The molecule has 0 bridgehead atoms. The number of carboxylic acids is 1. The Morgan fingerprint density at radius 2 is 1.78 bits per heavy atom. The van der Waals surface area contributed by atoms with Crippen molar-refractivity contribution in [2.75, 3.05) is 5.32 Å². The van der Waals surface area contributed by atoms with Crippen molar-refractivity contribution in [3.8, 4) is 0 Å². The van der Waals surface area contributed by atoms with Crippen molar-refractivity contribution in [2.45, 2.75) is 33.9 Å². The molecule has 0 atom stereocenters. The molecule has 0 spiro atoms. The van der Waals surface area contributed by atoms with Crippen LogP contribution in [0.4, 0.5) is 5.69 Å². The number of benzene rings is 1. The fourth-order valence-electron chi connectivity index (χ4n) is 2.85. The number of hydrogen-bond acceptors (Lipinski definition) is 4. The average Bonchev–Trinajstić information content (AvgIpc) is 3.17. The number of anilines is 1. The summed E-state index contributed by atoms with van der Waals surface area (Å²) >= 11 is 0. The lowest BCUT2D eigenvalue weighted by molar-refractivity contribution is -0.116. The molecule has 0 aliphatic heterocycles. The fraction of sp³-hybridized carbons (Fsp3) is 0.263. The van der Waals surface area contributed by atoms with Crippen LogP contribution in [0.1, 0.15) is 33.0 Å². The highest BCUT2D eigenvalue weighted by Gasteiger charge is 2.17. The Labute approximate surface area is 156 Å². The highest BCUT2D eigenvalue weighted by Crippen LogP contribution is 2.20. The largest absolute Gasteiger partial charge is 0.477 e. The third-order valence-electron chi connectivity index (χ3n) is 4.33. The molecule has 1 aromatic carbocycles. The third kappa shape index (κ3) is 4.05. The van der Waals surface area contributed by atoms with Gasteiger partial charge in [0.05, 0.1) is 23.6 Å². The second-order valence-electron chi connectivity index (χ2n) is 6.42. The summed E-state index contributed by atoms with van der Waals surface area (Å²) in [6, 6.07) is 9.55. The van der Waals surface area contributed by atoms with Gasteiger partial charge >= 0.3 is 5.97 Å². The molecule has 27 heavy (non-hydrogen) atoms. The first kappa shape index (κ1) is 18.4. The molecule has 3 rings (SSSR count). The van der Waals surface area contributed by atoms with E-state index in [1.54, 1.807) is 0 Å². The van der Waals surface area contributed by atoms with Gasteiger partial charge < -0.3 is 10.4 Å². The predicted molar refractivity (Wildman–Crippen MR) is 99.8 cm³/mol. The molecular weight excluding hydrogens is 346 g/mol. The van der Waals surface area contributed by atoms with Crippen molar-refractivity contribution in [1.82, 2.24) is 19.6 Å². The van der Waals surface area contributed by atoms with Crippen molar-refractivity contribution in [3.05, 3.63) is 64.7 Å². The number of aromatic nitrogens is 4. The second-order valence-corrected chi connectivity index (χ2v) is 6.42. The van der Waals surface area contributed by atoms with E-state index in [1.165, 1.54) is 17.8 Å². The molecule has 140 valence electrons. The molecule has 0 aliphatic carbocycles. The number of aromatic carboxylic acids is 1. The Bertz CT molecular complexity index is 985. The lowest BCUT2D eigenvalue weighted by atomic mass is 10.1. The lowest BCUT2D eigenvalue weighted by Gasteiger charge is -2.08. The highest BCUT2D eigenvalue weighted by molar-refractivity contribution is 5.92. The minimum Gasteiger partial charge on any atom is -0.477 e. The summed E-state index contributed by atoms with van der Waals surface area (Å²) < 4.78 is 2.99. The summed E-state index contributed by atoms with van der Waals surface area (Å²) in [7, 11) is 0. The molecule has 3 aromatic rings. The van der Waals surface area contributed by atoms with E-state index in [9.17, 15) is 9.59 Å². The molecule has 2 aromatic heterocycles. The first-order chi connectivity index (χ1) is 12.8. The number of carbonyl (C=O) groups excluding carboxylic acids is 1. The van der Waals surface area contributed by atoms with Gasteiger partial charge in [0.2, 0.25) is 5.91 Å². The van der Waals surface area contributed by atoms with Crippen molar-refractivity contribution in [2.24, 2.45) is 0 Å². The highest BCUT2D eigenvalue weighted by atomic mass is 16.4. The van der Waals surface area contributed by atoms with Gasteiger partial charge in [-0.3, -0.25) is 9.48 Å². The van der Waals surface area contributed by atoms with Crippen LogP contribution in [-0.2, 0) is 17.9 Å². The zero-order chi connectivity index (χ0) is 19.6. The van der Waals surface area contributed by atoms with E-state index >= 15 is 0 Å². The quantitative estimate of drug-likeness (QED) is 0.696. The van der Waals surface area contributed by atoms with Gasteiger partial charge in [-0.15, -0.1) is 0 Å².